The summed E-state index contributed by atoms with van der Waals surface area (Å²) in [6, 6.07) is 0. The Bertz CT molecular complexity index is 515. The van der Waals surface area contributed by atoms with Gasteiger partial charge >= 0.3 is 5.97 Å². The molecular weight excluding hydrogens is 428 g/mol. The first-order chi connectivity index (χ1) is 16.1. The van der Waals surface area contributed by atoms with Crippen LogP contribution in [0.15, 0.2) is 0 Å². The van der Waals surface area contributed by atoms with E-state index in [1.54, 1.807) is 0 Å². The number of ether oxygens (including phenoxy) is 2. The number of aldehydes is 1. The van der Waals surface area contributed by atoms with Gasteiger partial charge in [-0.1, -0.05) is 38.5 Å². The maximum absolute atomic E-state index is 11.8. The molecule has 0 rings (SSSR count). The van der Waals surface area contributed by atoms with Crippen LogP contribution in [-0.4, -0.2) is 68.7 Å². The Labute approximate surface area is 198 Å². The summed E-state index contributed by atoms with van der Waals surface area (Å²) in [6.07, 6.45) is 11.7. The highest BCUT2D eigenvalue weighted by atomic mass is 16.5. The number of unbranched alkanes of at least 4 members (excludes halogenated alkanes) is 7. The van der Waals surface area contributed by atoms with Crippen LogP contribution in [0.4, 0.5) is 0 Å². The normalized spacial score (nSPS) is 10.7. The van der Waals surface area contributed by atoms with Crippen LogP contribution in [0.2, 0.25) is 0 Å². The number of amides is 2. The van der Waals surface area contributed by atoms with Gasteiger partial charge in [0.2, 0.25) is 11.8 Å². The first kappa shape index (κ1) is 31.0. The molecule has 0 atom stereocenters. The molecule has 192 valence electrons. The predicted octanol–water partition coefficient (Wildman–Crippen LogP) is 3.00. The molecule has 33 heavy (non-hydrogen) atoms. The Morgan fingerprint density at radius 3 is 1.55 bits per heavy atom. The third kappa shape index (κ3) is 26.1. The van der Waals surface area contributed by atoms with Crippen LogP contribution in [0.3, 0.4) is 0 Å². The van der Waals surface area contributed by atoms with E-state index in [0.717, 1.165) is 64.1 Å². The smallest absolute Gasteiger partial charge is 0.303 e. The fourth-order valence-electron chi connectivity index (χ4n) is 3.12. The summed E-state index contributed by atoms with van der Waals surface area (Å²) < 4.78 is 10.9. The summed E-state index contributed by atoms with van der Waals surface area (Å²) in [5, 5.41) is 14.2. The monoisotopic (exact) mass is 472 g/mol. The van der Waals surface area contributed by atoms with Gasteiger partial charge in [-0.05, 0) is 25.7 Å². The predicted molar refractivity (Wildman–Crippen MR) is 126 cm³/mol. The van der Waals surface area contributed by atoms with Crippen molar-refractivity contribution >= 4 is 24.1 Å². The Kier molecular flexibility index (Phi) is 23.1. The zero-order valence-corrected chi connectivity index (χ0v) is 20.1. The molecule has 0 fully saturated rings. The second-order valence-corrected chi connectivity index (χ2v) is 8.06. The lowest BCUT2D eigenvalue weighted by molar-refractivity contribution is -0.137. The summed E-state index contributed by atoms with van der Waals surface area (Å²) in [4.78, 5) is 43.7. The van der Waals surface area contributed by atoms with Gasteiger partial charge in [0, 0.05) is 52.0 Å². The maximum Gasteiger partial charge on any atom is 0.303 e. The summed E-state index contributed by atoms with van der Waals surface area (Å²) >= 11 is 0. The minimum absolute atomic E-state index is 0.0882. The van der Waals surface area contributed by atoms with E-state index in [1.165, 1.54) is 0 Å². The Balaban J connectivity index is 3.22. The lowest BCUT2D eigenvalue weighted by Crippen LogP contribution is -2.25. The number of rotatable bonds is 25. The maximum atomic E-state index is 11.8. The molecule has 9 heteroatoms. The zero-order chi connectivity index (χ0) is 24.4. The quantitative estimate of drug-likeness (QED) is 0.137. The number of carboxylic acids is 1. The molecule has 3 N–H and O–H groups in total. The van der Waals surface area contributed by atoms with Crippen molar-refractivity contribution in [2.45, 2.75) is 89.9 Å². The number of nitrogens with one attached hydrogen (secondary N) is 2. The fourth-order valence-corrected chi connectivity index (χ4v) is 3.12. The van der Waals surface area contributed by atoms with Crippen LogP contribution in [0.5, 0.6) is 0 Å². The summed E-state index contributed by atoms with van der Waals surface area (Å²) in [5.74, 6) is -0.743. The van der Waals surface area contributed by atoms with Crippen molar-refractivity contribution in [2.24, 2.45) is 0 Å². The Morgan fingerprint density at radius 1 is 0.606 bits per heavy atom. The third-order valence-corrected chi connectivity index (χ3v) is 4.98. The highest BCUT2D eigenvalue weighted by Crippen LogP contribution is 2.10. The minimum atomic E-state index is -0.716. The van der Waals surface area contributed by atoms with E-state index < -0.39 is 5.97 Å². The minimum Gasteiger partial charge on any atom is -0.481 e. The van der Waals surface area contributed by atoms with E-state index in [2.05, 4.69) is 10.6 Å². The van der Waals surface area contributed by atoms with Crippen LogP contribution < -0.4 is 10.6 Å². The first-order valence-corrected chi connectivity index (χ1v) is 12.4. The SMILES string of the molecule is O=CCCC(=O)NCCCOCCOCCCNC(=O)CCCCCCCCCCC(=O)O. The van der Waals surface area contributed by atoms with Crippen molar-refractivity contribution < 1.29 is 33.8 Å². The molecule has 0 aromatic heterocycles. The van der Waals surface area contributed by atoms with E-state index in [0.29, 0.717) is 52.4 Å². The largest absolute Gasteiger partial charge is 0.481 e. The molecular formula is C24H44N2O7. The fraction of sp³-hybridized carbons (Fsp3) is 0.833. The molecule has 0 aliphatic heterocycles. The molecule has 0 aliphatic rings. The second kappa shape index (κ2) is 24.6. The van der Waals surface area contributed by atoms with Crippen LogP contribution in [0.25, 0.3) is 0 Å². The number of carbonyl (C=O) groups excluding carboxylic acids is 3. The summed E-state index contributed by atoms with van der Waals surface area (Å²) in [6.45, 7) is 3.25. The molecule has 0 aliphatic carbocycles. The van der Waals surface area contributed by atoms with Gasteiger partial charge in [0.25, 0.3) is 0 Å². The molecule has 0 aromatic rings. The molecule has 0 aromatic carbocycles. The Hall–Kier alpha value is -2.00. The van der Waals surface area contributed by atoms with Gasteiger partial charge in [0.1, 0.15) is 6.29 Å². The summed E-state index contributed by atoms with van der Waals surface area (Å²) in [5.41, 5.74) is 0. The summed E-state index contributed by atoms with van der Waals surface area (Å²) in [7, 11) is 0. The topological polar surface area (TPSA) is 131 Å². The number of carboxylic acid groups (broad SMARTS) is 1. The van der Waals surface area contributed by atoms with Crippen LogP contribution in [-0.2, 0) is 28.7 Å². The standard InChI is InChI=1S/C24H44N2O7/c27-17-9-13-23(29)26-16-11-19-33-21-20-32-18-10-15-25-22(28)12-7-5-3-1-2-4-6-8-14-24(30)31/h17H,1-16,18-21H2,(H,25,28)(H,26,29)(H,30,31). The highest BCUT2D eigenvalue weighted by molar-refractivity contribution is 5.78. The molecule has 9 nitrogen and oxygen atoms in total. The van der Waals surface area contributed by atoms with Gasteiger partial charge in [-0.25, -0.2) is 0 Å². The van der Waals surface area contributed by atoms with E-state index in [1.807, 2.05) is 0 Å². The number of carbonyl (C=O) groups is 4. The van der Waals surface area contributed by atoms with Gasteiger partial charge in [0.15, 0.2) is 0 Å². The Morgan fingerprint density at radius 2 is 1.06 bits per heavy atom. The first-order valence-electron chi connectivity index (χ1n) is 12.4. The van der Waals surface area contributed by atoms with Crippen molar-refractivity contribution in [3.63, 3.8) is 0 Å². The lowest BCUT2D eigenvalue weighted by atomic mass is 10.1. The molecule has 0 unspecified atom stereocenters. The van der Waals surface area contributed by atoms with Crippen LogP contribution >= 0.6 is 0 Å². The van der Waals surface area contributed by atoms with Gasteiger partial charge in [0.05, 0.1) is 13.2 Å². The second-order valence-electron chi connectivity index (χ2n) is 8.06. The lowest BCUT2D eigenvalue weighted by Gasteiger charge is -2.08. The third-order valence-electron chi connectivity index (χ3n) is 4.98. The van der Waals surface area contributed by atoms with E-state index in [9.17, 15) is 19.2 Å². The molecule has 0 saturated heterocycles. The van der Waals surface area contributed by atoms with E-state index in [4.69, 9.17) is 14.6 Å². The average Bonchev–Trinajstić information content (AvgIpc) is 2.79. The number of aliphatic carboxylic acids is 1. The van der Waals surface area contributed by atoms with Crippen LogP contribution in [0, 0.1) is 0 Å². The van der Waals surface area contributed by atoms with Crippen molar-refractivity contribution in [1.82, 2.24) is 10.6 Å². The van der Waals surface area contributed by atoms with Gasteiger partial charge < -0.3 is 30.0 Å². The zero-order valence-electron chi connectivity index (χ0n) is 20.1. The molecule has 2 amide bonds. The van der Waals surface area contributed by atoms with Crippen LogP contribution in [0.1, 0.15) is 89.9 Å². The molecule has 0 bridgehead atoms. The van der Waals surface area contributed by atoms with E-state index >= 15 is 0 Å². The van der Waals surface area contributed by atoms with Crippen molar-refractivity contribution in [1.29, 1.82) is 0 Å². The van der Waals surface area contributed by atoms with Gasteiger partial charge in [-0.3, -0.25) is 14.4 Å². The van der Waals surface area contributed by atoms with Crippen molar-refractivity contribution in [2.75, 3.05) is 39.5 Å². The number of hydrogen-bond donors (Lipinski definition) is 3. The van der Waals surface area contributed by atoms with Gasteiger partial charge in [-0.2, -0.15) is 0 Å². The van der Waals surface area contributed by atoms with Gasteiger partial charge in [-0.15, -0.1) is 0 Å². The average molecular weight is 473 g/mol. The van der Waals surface area contributed by atoms with Crippen molar-refractivity contribution in [3.8, 4) is 0 Å². The molecule has 0 spiro atoms. The molecule has 0 radical (unpaired) electrons. The molecule has 0 heterocycles. The molecule has 0 saturated carbocycles. The number of hydrogen-bond acceptors (Lipinski definition) is 6. The van der Waals surface area contributed by atoms with Crippen molar-refractivity contribution in [3.05, 3.63) is 0 Å². The highest BCUT2D eigenvalue weighted by Gasteiger charge is 2.02. The van der Waals surface area contributed by atoms with E-state index in [-0.39, 0.29) is 31.1 Å².